The first-order chi connectivity index (χ1) is 12.9. The zero-order valence-corrected chi connectivity index (χ0v) is 16.1. The lowest BCUT2D eigenvalue weighted by Crippen LogP contribution is -2.38. The van der Waals surface area contributed by atoms with E-state index in [1.54, 1.807) is 7.05 Å². The number of carbonyl (C=O) groups excluding carboxylic acids is 1. The number of rotatable bonds is 6. The van der Waals surface area contributed by atoms with Gasteiger partial charge in [0.25, 0.3) is 5.91 Å². The standard InChI is InChI=1S/C18H22N4O4S/c1-3-26-15-6-4-13(5-7-15)20-18-19-10-8-16(21-18)17(23)22(2)14-9-11-27(24,25)12-14/h4-8,10,14H,3,9,11-12H2,1-2H3,(H,19,20,21). The summed E-state index contributed by atoms with van der Waals surface area (Å²) < 4.78 is 28.7. The highest BCUT2D eigenvalue weighted by molar-refractivity contribution is 7.91. The number of nitrogens with one attached hydrogen (secondary N) is 1. The van der Waals surface area contributed by atoms with Crippen LogP contribution in [0.1, 0.15) is 23.8 Å². The molecule has 1 amide bonds. The molecule has 1 atom stereocenters. The Morgan fingerprint density at radius 3 is 2.67 bits per heavy atom. The Balaban J connectivity index is 1.70. The Bertz CT molecular complexity index is 915. The average molecular weight is 390 g/mol. The molecule has 1 aromatic carbocycles. The largest absolute Gasteiger partial charge is 0.494 e. The molecular weight excluding hydrogens is 368 g/mol. The van der Waals surface area contributed by atoms with Gasteiger partial charge in [-0.2, -0.15) is 0 Å². The van der Waals surface area contributed by atoms with Crippen molar-refractivity contribution in [2.24, 2.45) is 0 Å². The summed E-state index contributed by atoms with van der Waals surface area (Å²) >= 11 is 0. The maximum absolute atomic E-state index is 12.7. The fourth-order valence-corrected chi connectivity index (χ4v) is 4.67. The van der Waals surface area contributed by atoms with Crippen LogP contribution in [0.4, 0.5) is 11.6 Å². The number of nitrogens with zero attached hydrogens (tertiary/aromatic N) is 3. The van der Waals surface area contributed by atoms with Gasteiger partial charge in [-0.25, -0.2) is 18.4 Å². The Kier molecular flexibility index (Phi) is 5.59. The maximum Gasteiger partial charge on any atom is 0.272 e. The van der Waals surface area contributed by atoms with E-state index in [1.165, 1.54) is 17.2 Å². The first-order valence-electron chi connectivity index (χ1n) is 8.68. The number of sulfone groups is 1. The number of amides is 1. The molecule has 0 spiro atoms. The van der Waals surface area contributed by atoms with Crippen LogP contribution >= 0.6 is 0 Å². The quantitative estimate of drug-likeness (QED) is 0.803. The van der Waals surface area contributed by atoms with E-state index in [-0.39, 0.29) is 35.1 Å². The van der Waals surface area contributed by atoms with E-state index < -0.39 is 9.84 Å². The number of hydrogen-bond donors (Lipinski definition) is 1. The number of carbonyl (C=O) groups is 1. The van der Waals surface area contributed by atoms with E-state index in [2.05, 4.69) is 15.3 Å². The van der Waals surface area contributed by atoms with E-state index in [0.717, 1.165) is 11.4 Å². The van der Waals surface area contributed by atoms with Crippen molar-refractivity contribution < 1.29 is 17.9 Å². The molecule has 0 aliphatic carbocycles. The highest BCUT2D eigenvalue weighted by Crippen LogP contribution is 2.20. The van der Waals surface area contributed by atoms with Crippen molar-refractivity contribution in [3.8, 4) is 5.75 Å². The lowest BCUT2D eigenvalue weighted by molar-refractivity contribution is 0.0741. The fraction of sp³-hybridized carbons (Fsp3) is 0.389. The average Bonchev–Trinajstić information content (AvgIpc) is 3.02. The molecule has 3 rings (SSSR count). The summed E-state index contributed by atoms with van der Waals surface area (Å²) in [5, 5.41) is 3.05. The molecule has 0 bridgehead atoms. The van der Waals surface area contributed by atoms with Crippen molar-refractivity contribution in [2.75, 3.05) is 30.5 Å². The van der Waals surface area contributed by atoms with Gasteiger partial charge in [0.2, 0.25) is 5.95 Å². The molecule has 2 heterocycles. The molecule has 1 unspecified atom stereocenters. The minimum absolute atomic E-state index is 0.00237. The highest BCUT2D eigenvalue weighted by Gasteiger charge is 2.33. The number of aromatic nitrogens is 2. The fourth-order valence-electron chi connectivity index (χ4n) is 2.90. The molecular formula is C18H22N4O4S. The van der Waals surface area contributed by atoms with Gasteiger partial charge in [-0.05, 0) is 43.7 Å². The van der Waals surface area contributed by atoms with Crippen molar-refractivity contribution in [2.45, 2.75) is 19.4 Å². The van der Waals surface area contributed by atoms with Crippen LogP contribution in [0.3, 0.4) is 0 Å². The van der Waals surface area contributed by atoms with Gasteiger partial charge in [-0.1, -0.05) is 0 Å². The van der Waals surface area contributed by atoms with Gasteiger partial charge in [0.1, 0.15) is 11.4 Å². The molecule has 27 heavy (non-hydrogen) atoms. The predicted octanol–water partition coefficient (Wildman–Crippen LogP) is 1.88. The molecule has 0 radical (unpaired) electrons. The van der Waals surface area contributed by atoms with Crippen molar-refractivity contribution in [1.82, 2.24) is 14.9 Å². The van der Waals surface area contributed by atoms with Gasteiger partial charge in [-0.15, -0.1) is 0 Å². The third-order valence-electron chi connectivity index (χ3n) is 4.37. The molecule has 1 N–H and O–H groups in total. The third kappa shape index (κ3) is 4.73. The van der Waals surface area contributed by atoms with E-state index in [9.17, 15) is 13.2 Å². The SMILES string of the molecule is CCOc1ccc(Nc2nccc(C(=O)N(C)C3CCS(=O)(=O)C3)n2)cc1. The summed E-state index contributed by atoms with van der Waals surface area (Å²) in [5.41, 5.74) is 0.975. The van der Waals surface area contributed by atoms with Crippen LogP contribution < -0.4 is 10.1 Å². The van der Waals surface area contributed by atoms with Crippen molar-refractivity contribution in [3.05, 3.63) is 42.2 Å². The zero-order valence-electron chi connectivity index (χ0n) is 15.3. The van der Waals surface area contributed by atoms with Gasteiger partial charge in [0, 0.05) is 25.0 Å². The summed E-state index contributed by atoms with van der Waals surface area (Å²) in [6, 6.07) is 8.52. The minimum atomic E-state index is -3.06. The van der Waals surface area contributed by atoms with Crippen LogP contribution in [0.2, 0.25) is 0 Å². The second-order valence-electron chi connectivity index (χ2n) is 6.32. The summed E-state index contributed by atoms with van der Waals surface area (Å²) in [4.78, 5) is 22.5. The van der Waals surface area contributed by atoms with Crippen LogP contribution in [0.25, 0.3) is 0 Å². The van der Waals surface area contributed by atoms with Gasteiger partial charge >= 0.3 is 0 Å². The Morgan fingerprint density at radius 2 is 2.04 bits per heavy atom. The molecule has 1 aliphatic rings. The predicted molar refractivity (Wildman–Crippen MR) is 102 cm³/mol. The van der Waals surface area contributed by atoms with Gasteiger partial charge < -0.3 is 15.0 Å². The number of benzene rings is 1. The summed E-state index contributed by atoms with van der Waals surface area (Å²) in [6.45, 7) is 2.51. The Morgan fingerprint density at radius 1 is 1.30 bits per heavy atom. The van der Waals surface area contributed by atoms with Gasteiger partial charge in [-0.3, -0.25) is 4.79 Å². The monoisotopic (exact) mass is 390 g/mol. The Labute approximate surface area is 158 Å². The van der Waals surface area contributed by atoms with Gasteiger partial charge in [0.15, 0.2) is 9.84 Å². The van der Waals surface area contributed by atoms with Crippen molar-refractivity contribution in [3.63, 3.8) is 0 Å². The molecule has 8 nitrogen and oxygen atoms in total. The molecule has 144 valence electrons. The molecule has 9 heteroatoms. The molecule has 2 aromatic rings. The maximum atomic E-state index is 12.7. The van der Waals surface area contributed by atoms with Gasteiger partial charge in [0.05, 0.1) is 18.1 Å². The van der Waals surface area contributed by atoms with E-state index in [1.807, 2.05) is 31.2 Å². The molecule has 0 saturated carbocycles. The second-order valence-corrected chi connectivity index (χ2v) is 8.55. The van der Waals surface area contributed by atoms with E-state index in [4.69, 9.17) is 4.74 Å². The molecule has 1 saturated heterocycles. The molecule has 1 fully saturated rings. The van der Waals surface area contributed by atoms with E-state index >= 15 is 0 Å². The first kappa shape index (κ1) is 19.1. The third-order valence-corrected chi connectivity index (χ3v) is 6.12. The van der Waals surface area contributed by atoms with Crippen LogP contribution in [0.15, 0.2) is 36.5 Å². The van der Waals surface area contributed by atoms with Crippen LogP contribution in [0.5, 0.6) is 5.75 Å². The normalized spacial score (nSPS) is 18.1. The van der Waals surface area contributed by atoms with Crippen molar-refractivity contribution in [1.29, 1.82) is 0 Å². The van der Waals surface area contributed by atoms with E-state index in [0.29, 0.717) is 13.0 Å². The zero-order chi connectivity index (χ0) is 19.4. The Hall–Kier alpha value is -2.68. The summed E-state index contributed by atoms with van der Waals surface area (Å²) in [6.07, 6.45) is 1.95. The number of ether oxygens (including phenoxy) is 1. The van der Waals surface area contributed by atoms with Crippen LogP contribution in [-0.4, -0.2) is 60.4 Å². The van der Waals surface area contributed by atoms with Crippen LogP contribution in [-0.2, 0) is 9.84 Å². The summed E-state index contributed by atoms with van der Waals surface area (Å²) in [7, 11) is -1.46. The first-order valence-corrected chi connectivity index (χ1v) is 10.5. The molecule has 1 aromatic heterocycles. The minimum Gasteiger partial charge on any atom is -0.494 e. The lowest BCUT2D eigenvalue weighted by Gasteiger charge is -2.23. The van der Waals surface area contributed by atoms with Crippen molar-refractivity contribution >= 4 is 27.4 Å². The highest BCUT2D eigenvalue weighted by atomic mass is 32.2. The smallest absolute Gasteiger partial charge is 0.272 e. The number of hydrogen-bond acceptors (Lipinski definition) is 7. The lowest BCUT2D eigenvalue weighted by atomic mass is 10.2. The number of anilines is 2. The molecule has 1 aliphatic heterocycles. The second kappa shape index (κ2) is 7.91. The van der Waals surface area contributed by atoms with Crippen LogP contribution in [0, 0.1) is 0 Å². The summed E-state index contributed by atoms with van der Waals surface area (Å²) in [5.74, 6) is 0.842. The topological polar surface area (TPSA) is 101 Å².